The largest absolute Gasteiger partial charge is 0.385 e. The van der Waals surface area contributed by atoms with Gasteiger partial charge in [0.25, 0.3) is 5.91 Å². The first-order valence-corrected chi connectivity index (χ1v) is 9.92. The van der Waals surface area contributed by atoms with Crippen LogP contribution in [0.2, 0.25) is 0 Å². The van der Waals surface area contributed by atoms with Gasteiger partial charge in [-0.3, -0.25) is 4.79 Å². The second kappa shape index (κ2) is 8.93. The molecule has 1 heterocycles. The summed E-state index contributed by atoms with van der Waals surface area (Å²) in [5.74, 6) is 0.0554. The highest BCUT2D eigenvalue weighted by Crippen LogP contribution is 2.32. The van der Waals surface area contributed by atoms with Crippen LogP contribution in [-0.2, 0) is 0 Å². The van der Waals surface area contributed by atoms with Gasteiger partial charge < -0.3 is 15.2 Å². The monoisotopic (exact) mass is 353 g/mol. The molecule has 0 unspecified atom stereocenters. The van der Waals surface area contributed by atoms with Crippen molar-refractivity contribution in [3.63, 3.8) is 0 Å². The van der Waals surface area contributed by atoms with Gasteiger partial charge in [0, 0.05) is 36.2 Å². The van der Waals surface area contributed by atoms with E-state index in [9.17, 15) is 4.79 Å². The summed E-state index contributed by atoms with van der Waals surface area (Å²) < 4.78 is 2.39. The molecule has 0 aliphatic heterocycles. The lowest BCUT2D eigenvalue weighted by Gasteiger charge is -2.26. The van der Waals surface area contributed by atoms with Crippen molar-refractivity contribution in [2.24, 2.45) is 0 Å². The number of carbonyl (C=O) groups is 1. The summed E-state index contributed by atoms with van der Waals surface area (Å²) in [6.07, 6.45) is 7.34. The van der Waals surface area contributed by atoms with Gasteiger partial charge in [-0.1, -0.05) is 37.5 Å². The standard InChI is InChI=1S/C22H31N3O/c1-17-16-21(18(2)25(17)20-12-7-4-8-13-20)22(26)24-15-9-14-23-19-10-5-3-6-11-19/h3,5-6,10-11,16,20,23H,4,7-9,12-15H2,1-2H3,(H,24,26). The van der Waals surface area contributed by atoms with Crippen LogP contribution in [0.15, 0.2) is 36.4 Å². The molecule has 0 atom stereocenters. The van der Waals surface area contributed by atoms with Gasteiger partial charge in [0.15, 0.2) is 0 Å². The van der Waals surface area contributed by atoms with Crippen LogP contribution in [0.1, 0.15) is 66.3 Å². The van der Waals surface area contributed by atoms with E-state index in [2.05, 4.69) is 47.2 Å². The predicted molar refractivity (Wildman–Crippen MR) is 108 cm³/mol. The molecule has 1 aliphatic rings. The molecule has 0 spiro atoms. The molecule has 0 saturated heterocycles. The number of hydrogen-bond donors (Lipinski definition) is 2. The van der Waals surface area contributed by atoms with Crippen LogP contribution in [0.25, 0.3) is 0 Å². The molecule has 0 bridgehead atoms. The number of hydrogen-bond acceptors (Lipinski definition) is 2. The van der Waals surface area contributed by atoms with E-state index in [1.807, 2.05) is 18.2 Å². The number of benzene rings is 1. The fraction of sp³-hybridized carbons (Fsp3) is 0.500. The molecule has 140 valence electrons. The van der Waals surface area contributed by atoms with E-state index in [0.717, 1.165) is 29.9 Å². The maximum Gasteiger partial charge on any atom is 0.253 e. The molecule has 4 nitrogen and oxygen atoms in total. The minimum atomic E-state index is 0.0554. The van der Waals surface area contributed by atoms with E-state index >= 15 is 0 Å². The van der Waals surface area contributed by atoms with Gasteiger partial charge >= 0.3 is 0 Å². The summed E-state index contributed by atoms with van der Waals surface area (Å²) in [5, 5.41) is 6.45. The number of anilines is 1. The Morgan fingerprint density at radius 1 is 1.08 bits per heavy atom. The topological polar surface area (TPSA) is 46.1 Å². The third kappa shape index (κ3) is 4.48. The van der Waals surface area contributed by atoms with E-state index in [1.54, 1.807) is 0 Å². The number of nitrogens with one attached hydrogen (secondary N) is 2. The molecule has 26 heavy (non-hydrogen) atoms. The highest BCUT2D eigenvalue weighted by Gasteiger charge is 2.22. The first-order valence-electron chi connectivity index (χ1n) is 9.92. The third-order valence-electron chi connectivity index (χ3n) is 5.41. The normalized spacial score (nSPS) is 15.0. The Morgan fingerprint density at radius 2 is 1.81 bits per heavy atom. The zero-order valence-corrected chi connectivity index (χ0v) is 16.1. The fourth-order valence-electron chi connectivity index (χ4n) is 4.08. The molecule has 2 aromatic rings. The lowest BCUT2D eigenvalue weighted by Crippen LogP contribution is -2.26. The number of nitrogens with zero attached hydrogens (tertiary/aromatic N) is 1. The molecule has 1 aliphatic carbocycles. The zero-order valence-electron chi connectivity index (χ0n) is 16.1. The van der Waals surface area contributed by atoms with Crippen LogP contribution in [0, 0.1) is 13.8 Å². The van der Waals surface area contributed by atoms with Gasteiger partial charge in [0.2, 0.25) is 0 Å². The Hall–Kier alpha value is -2.23. The Balaban J connectivity index is 1.50. The number of amides is 1. The SMILES string of the molecule is Cc1cc(C(=O)NCCCNc2ccccc2)c(C)n1C1CCCCC1. The minimum Gasteiger partial charge on any atom is -0.385 e. The van der Waals surface area contributed by atoms with Crippen LogP contribution in [0.5, 0.6) is 0 Å². The Bertz CT molecular complexity index is 714. The summed E-state index contributed by atoms with van der Waals surface area (Å²) in [6, 6.07) is 12.8. The summed E-state index contributed by atoms with van der Waals surface area (Å²) in [6.45, 7) is 5.76. The average Bonchev–Trinajstić information content (AvgIpc) is 2.97. The Labute approximate surface area is 157 Å². The molecular formula is C22H31N3O. The predicted octanol–water partition coefficient (Wildman–Crippen LogP) is 4.84. The van der Waals surface area contributed by atoms with E-state index in [-0.39, 0.29) is 5.91 Å². The van der Waals surface area contributed by atoms with Gasteiger partial charge in [-0.05, 0) is 51.3 Å². The molecule has 1 saturated carbocycles. The molecule has 1 amide bonds. The lowest BCUT2D eigenvalue weighted by molar-refractivity contribution is 0.0952. The minimum absolute atomic E-state index is 0.0554. The molecular weight excluding hydrogens is 322 g/mol. The highest BCUT2D eigenvalue weighted by atomic mass is 16.1. The highest BCUT2D eigenvalue weighted by molar-refractivity contribution is 5.95. The van der Waals surface area contributed by atoms with Crippen LogP contribution in [0.4, 0.5) is 5.69 Å². The molecule has 1 aromatic heterocycles. The number of aromatic nitrogens is 1. The second-order valence-electron chi connectivity index (χ2n) is 7.35. The van der Waals surface area contributed by atoms with E-state index in [0.29, 0.717) is 12.6 Å². The number of para-hydroxylation sites is 1. The summed E-state index contributed by atoms with van der Waals surface area (Å²) in [7, 11) is 0. The van der Waals surface area contributed by atoms with Crippen LogP contribution in [-0.4, -0.2) is 23.6 Å². The van der Waals surface area contributed by atoms with Crippen molar-refractivity contribution in [3.05, 3.63) is 53.3 Å². The maximum atomic E-state index is 12.6. The molecule has 3 rings (SSSR count). The smallest absolute Gasteiger partial charge is 0.253 e. The fourth-order valence-corrected chi connectivity index (χ4v) is 4.08. The summed E-state index contributed by atoms with van der Waals surface area (Å²) >= 11 is 0. The zero-order chi connectivity index (χ0) is 18.4. The van der Waals surface area contributed by atoms with Gasteiger partial charge in [-0.15, -0.1) is 0 Å². The molecule has 1 fully saturated rings. The lowest BCUT2D eigenvalue weighted by atomic mass is 9.95. The van der Waals surface area contributed by atoms with Crippen molar-refractivity contribution in [2.45, 2.75) is 58.4 Å². The molecule has 0 radical (unpaired) electrons. The average molecular weight is 354 g/mol. The number of aryl methyl sites for hydroxylation is 1. The first kappa shape index (κ1) is 18.6. The van der Waals surface area contributed by atoms with Crippen molar-refractivity contribution >= 4 is 11.6 Å². The van der Waals surface area contributed by atoms with E-state index in [1.165, 1.54) is 37.8 Å². The van der Waals surface area contributed by atoms with E-state index < -0.39 is 0 Å². The first-order chi connectivity index (χ1) is 12.7. The quantitative estimate of drug-likeness (QED) is 0.700. The van der Waals surface area contributed by atoms with Crippen LogP contribution < -0.4 is 10.6 Å². The third-order valence-corrected chi connectivity index (χ3v) is 5.41. The number of rotatable bonds is 7. The van der Waals surface area contributed by atoms with Crippen LogP contribution >= 0.6 is 0 Å². The molecule has 4 heteroatoms. The number of carbonyl (C=O) groups excluding carboxylic acids is 1. The van der Waals surface area contributed by atoms with Crippen LogP contribution in [0.3, 0.4) is 0 Å². The van der Waals surface area contributed by atoms with E-state index in [4.69, 9.17) is 0 Å². The van der Waals surface area contributed by atoms with Gasteiger partial charge in [0.05, 0.1) is 5.56 Å². The summed E-state index contributed by atoms with van der Waals surface area (Å²) in [5.41, 5.74) is 4.29. The summed E-state index contributed by atoms with van der Waals surface area (Å²) in [4.78, 5) is 12.6. The molecule has 1 aromatic carbocycles. The van der Waals surface area contributed by atoms with Gasteiger partial charge in [-0.25, -0.2) is 0 Å². The Morgan fingerprint density at radius 3 is 2.54 bits per heavy atom. The Kier molecular flexibility index (Phi) is 6.37. The van der Waals surface area contributed by atoms with Gasteiger partial charge in [-0.2, -0.15) is 0 Å². The van der Waals surface area contributed by atoms with Gasteiger partial charge in [0.1, 0.15) is 0 Å². The van der Waals surface area contributed by atoms with Crippen molar-refractivity contribution in [3.8, 4) is 0 Å². The second-order valence-corrected chi connectivity index (χ2v) is 7.35. The molecule has 2 N–H and O–H groups in total. The van der Waals surface area contributed by atoms with Crippen molar-refractivity contribution in [1.29, 1.82) is 0 Å². The van der Waals surface area contributed by atoms with Crippen molar-refractivity contribution in [1.82, 2.24) is 9.88 Å². The maximum absolute atomic E-state index is 12.6. The van der Waals surface area contributed by atoms with Crippen molar-refractivity contribution < 1.29 is 4.79 Å². The van der Waals surface area contributed by atoms with Crippen molar-refractivity contribution in [2.75, 3.05) is 18.4 Å².